The minimum absolute atomic E-state index is 0.0506. The van der Waals surface area contributed by atoms with Gasteiger partial charge in [-0.15, -0.1) is 0 Å². The van der Waals surface area contributed by atoms with Crippen molar-refractivity contribution < 1.29 is 21.8 Å². The Balaban J connectivity index is 2.12. The molecule has 0 unspecified atom stereocenters. The lowest BCUT2D eigenvalue weighted by molar-refractivity contribution is -0.136. The summed E-state index contributed by atoms with van der Waals surface area (Å²) in [6.07, 6.45) is 0. The zero-order valence-electron chi connectivity index (χ0n) is 15.8. The molecule has 0 N–H and O–H groups in total. The second kappa shape index (κ2) is 8.52. The third-order valence-corrected chi connectivity index (χ3v) is 5.25. The molecule has 27 heavy (non-hydrogen) atoms. The van der Waals surface area contributed by atoms with Gasteiger partial charge >= 0.3 is 10.1 Å². The van der Waals surface area contributed by atoms with Crippen molar-refractivity contribution in [3.8, 4) is 5.75 Å². The second-order valence-corrected chi connectivity index (χ2v) is 8.40. The maximum absolute atomic E-state index is 13.0. The van der Waals surface area contributed by atoms with Crippen LogP contribution in [-0.2, 0) is 21.5 Å². The molecule has 0 aliphatic carbocycles. The molecule has 0 saturated heterocycles. The molecule has 0 radical (unpaired) electrons. The van der Waals surface area contributed by atoms with Crippen LogP contribution in [0.25, 0.3) is 0 Å². The Bertz CT molecular complexity index is 875. The molecule has 5 nitrogen and oxygen atoms in total. The molecule has 146 valence electrons. The number of nitrogens with zero attached hydrogens (tertiary/aromatic N) is 1. The first-order valence-electron chi connectivity index (χ1n) is 8.69. The van der Waals surface area contributed by atoms with Gasteiger partial charge < -0.3 is 9.08 Å². The average Bonchev–Trinajstić information content (AvgIpc) is 2.60. The van der Waals surface area contributed by atoms with Crippen molar-refractivity contribution in [1.29, 1.82) is 0 Å². The molecule has 0 atom stereocenters. The topological polar surface area (TPSA) is 63.7 Å². The van der Waals surface area contributed by atoms with Gasteiger partial charge in [-0.2, -0.15) is 8.42 Å². The highest BCUT2D eigenvalue weighted by molar-refractivity contribution is 7.87. The smallest absolute Gasteiger partial charge is 0.339 e. The number of hydrogen-bond donors (Lipinski definition) is 0. The van der Waals surface area contributed by atoms with E-state index in [9.17, 15) is 17.6 Å². The molecule has 0 aliphatic heterocycles. The third-order valence-electron chi connectivity index (χ3n) is 3.98. The van der Waals surface area contributed by atoms with Crippen LogP contribution in [0, 0.1) is 11.7 Å². The number of benzene rings is 2. The summed E-state index contributed by atoms with van der Waals surface area (Å²) in [5.41, 5.74) is 0.865. The molecule has 0 aliphatic rings. The lowest BCUT2D eigenvalue weighted by Crippen LogP contribution is -2.38. The Kier molecular flexibility index (Phi) is 6.59. The van der Waals surface area contributed by atoms with E-state index >= 15 is 0 Å². The van der Waals surface area contributed by atoms with E-state index < -0.39 is 15.9 Å². The SMILES string of the molecule is CC(C)C(=O)N(Cc1ccc(OS(=O)(=O)c2ccc(F)cc2)cc1)C(C)C. The van der Waals surface area contributed by atoms with Crippen LogP contribution in [0.1, 0.15) is 33.3 Å². The Hall–Kier alpha value is -2.41. The van der Waals surface area contributed by atoms with Crippen LogP contribution in [0.5, 0.6) is 5.75 Å². The van der Waals surface area contributed by atoms with Crippen LogP contribution in [0.4, 0.5) is 4.39 Å². The number of rotatable bonds is 7. The fourth-order valence-corrected chi connectivity index (χ4v) is 3.40. The van der Waals surface area contributed by atoms with Crippen molar-refractivity contribution in [3.63, 3.8) is 0 Å². The van der Waals surface area contributed by atoms with Crippen LogP contribution >= 0.6 is 0 Å². The highest BCUT2D eigenvalue weighted by Crippen LogP contribution is 2.21. The fourth-order valence-electron chi connectivity index (χ4n) is 2.47. The summed E-state index contributed by atoms with van der Waals surface area (Å²) in [5.74, 6) is -0.418. The fraction of sp³-hybridized carbons (Fsp3) is 0.350. The molecule has 0 bridgehead atoms. The highest BCUT2D eigenvalue weighted by Gasteiger charge is 2.20. The molecule has 7 heteroatoms. The van der Waals surface area contributed by atoms with E-state index in [1.54, 1.807) is 17.0 Å². The Morgan fingerprint density at radius 1 is 1.00 bits per heavy atom. The Labute approximate surface area is 159 Å². The predicted molar refractivity (Wildman–Crippen MR) is 101 cm³/mol. The van der Waals surface area contributed by atoms with Gasteiger partial charge in [-0.25, -0.2) is 4.39 Å². The van der Waals surface area contributed by atoms with Crippen LogP contribution < -0.4 is 4.18 Å². The van der Waals surface area contributed by atoms with E-state index in [2.05, 4.69) is 0 Å². The van der Waals surface area contributed by atoms with E-state index in [0.717, 1.165) is 29.8 Å². The van der Waals surface area contributed by atoms with Crippen molar-refractivity contribution in [3.05, 3.63) is 59.9 Å². The minimum Gasteiger partial charge on any atom is -0.379 e. The molecule has 0 aromatic heterocycles. The maximum atomic E-state index is 13.0. The van der Waals surface area contributed by atoms with E-state index in [1.165, 1.54) is 12.1 Å². The molecule has 2 aromatic rings. The minimum atomic E-state index is -4.04. The summed E-state index contributed by atoms with van der Waals surface area (Å²) in [5, 5.41) is 0. The first kappa shape index (κ1) is 20.9. The average molecular weight is 393 g/mol. The monoisotopic (exact) mass is 393 g/mol. The van der Waals surface area contributed by atoms with E-state index in [-0.39, 0.29) is 28.5 Å². The van der Waals surface area contributed by atoms with Crippen LogP contribution in [0.3, 0.4) is 0 Å². The molecular weight excluding hydrogens is 369 g/mol. The number of halogens is 1. The first-order chi connectivity index (χ1) is 12.6. The molecule has 2 aromatic carbocycles. The molecule has 0 fully saturated rings. The predicted octanol–water partition coefficient (Wildman–Crippen LogP) is 3.99. The summed E-state index contributed by atoms with van der Waals surface area (Å²) in [7, 11) is -4.04. The second-order valence-electron chi connectivity index (χ2n) is 6.85. The molecule has 1 amide bonds. The summed E-state index contributed by atoms with van der Waals surface area (Å²) in [6, 6.07) is 11.0. The lowest BCUT2D eigenvalue weighted by atomic mass is 10.1. The highest BCUT2D eigenvalue weighted by atomic mass is 32.2. The Morgan fingerprint density at radius 3 is 2.04 bits per heavy atom. The van der Waals surface area contributed by atoms with Crippen molar-refractivity contribution >= 4 is 16.0 Å². The summed E-state index contributed by atoms with van der Waals surface area (Å²) in [6.45, 7) is 8.05. The van der Waals surface area contributed by atoms with E-state index in [0.29, 0.717) is 6.54 Å². The van der Waals surface area contributed by atoms with Crippen LogP contribution in [0.15, 0.2) is 53.4 Å². The first-order valence-corrected chi connectivity index (χ1v) is 10.1. The van der Waals surface area contributed by atoms with Gasteiger partial charge in [0.25, 0.3) is 0 Å². The zero-order chi connectivity index (χ0) is 20.2. The number of carbonyl (C=O) groups excluding carboxylic acids is 1. The van der Waals surface area contributed by atoms with Gasteiger partial charge in [0.05, 0.1) is 0 Å². The van der Waals surface area contributed by atoms with Crippen molar-refractivity contribution in [2.24, 2.45) is 5.92 Å². The maximum Gasteiger partial charge on any atom is 0.339 e. The van der Waals surface area contributed by atoms with Gasteiger partial charge in [0, 0.05) is 18.5 Å². The number of amides is 1. The molecular formula is C20H24FNO4S. The molecule has 0 spiro atoms. The number of hydrogen-bond acceptors (Lipinski definition) is 4. The Morgan fingerprint density at radius 2 is 1.56 bits per heavy atom. The van der Waals surface area contributed by atoms with Crippen LogP contribution in [0.2, 0.25) is 0 Å². The van der Waals surface area contributed by atoms with E-state index in [4.69, 9.17) is 4.18 Å². The van der Waals surface area contributed by atoms with Crippen molar-refractivity contribution in [1.82, 2.24) is 4.90 Å². The van der Waals surface area contributed by atoms with Gasteiger partial charge in [-0.3, -0.25) is 4.79 Å². The van der Waals surface area contributed by atoms with Crippen LogP contribution in [-0.4, -0.2) is 25.3 Å². The largest absolute Gasteiger partial charge is 0.379 e. The molecule has 2 rings (SSSR count). The normalized spacial score (nSPS) is 11.7. The zero-order valence-corrected chi connectivity index (χ0v) is 16.7. The summed E-state index contributed by atoms with van der Waals surface area (Å²) < 4.78 is 42.5. The molecule has 0 saturated carbocycles. The number of carbonyl (C=O) groups is 1. The van der Waals surface area contributed by atoms with Gasteiger partial charge in [0.2, 0.25) is 5.91 Å². The standard InChI is InChI=1S/C20H24FNO4S/c1-14(2)20(23)22(15(3)4)13-16-5-9-18(10-6-16)26-27(24,25)19-11-7-17(21)8-12-19/h5-12,14-15H,13H2,1-4H3. The van der Waals surface area contributed by atoms with Crippen molar-refractivity contribution in [2.75, 3.05) is 0 Å². The van der Waals surface area contributed by atoms with E-state index in [1.807, 2.05) is 27.7 Å². The quantitative estimate of drug-likeness (QED) is 0.668. The van der Waals surface area contributed by atoms with Gasteiger partial charge in [-0.1, -0.05) is 26.0 Å². The molecule has 0 heterocycles. The van der Waals surface area contributed by atoms with Gasteiger partial charge in [-0.05, 0) is 55.8 Å². The third kappa shape index (κ3) is 5.53. The van der Waals surface area contributed by atoms with Gasteiger partial charge in [0.1, 0.15) is 16.5 Å². The summed E-state index contributed by atoms with van der Waals surface area (Å²) in [4.78, 5) is 14.0. The van der Waals surface area contributed by atoms with Crippen molar-refractivity contribution in [2.45, 2.75) is 45.2 Å². The van der Waals surface area contributed by atoms with Gasteiger partial charge in [0.15, 0.2) is 0 Å². The summed E-state index contributed by atoms with van der Waals surface area (Å²) >= 11 is 0. The lowest BCUT2D eigenvalue weighted by Gasteiger charge is -2.28.